The fraction of sp³-hybridized carbons (Fsp3) is 0.250. The van der Waals surface area contributed by atoms with Crippen LogP contribution < -0.4 is 10.1 Å². The molecule has 0 amide bonds. The number of benzene rings is 3. The second kappa shape index (κ2) is 10.3. The van der Waals surface area contributed by atoms with Crippen LogP contribution in [0.1, 0.15) is 22.3 Å². The van der Waals surface area contributed by atoms with E-state index >= 15 is 0 Å². The third-order valence-electron chi connectivity index (χ3n) is 4.67. The van der Waals surface area contributed by atoms with E-state index in [1.807, 2.05) is 42.5 Å². The molecule has 0 spiro atoms. The number of nitrogens with one attached hydrogen (secondary N) is 1. The van der Waals surface area contributed by atoms with Gasteiger partial charge in [0.1, 0.15) is 12.4 Å². The highest BCUT2D eigenvalue weighted by molar-refractivity contribution is 6.31. The second-order valence-electron chi connectivity index (χ2n) is 6.98. The summed E-state index contributed by atoms with van der Waals surface area (Å²) < 4.78 is 5.90. The minimum atomic E-state index is -0.0138. The Labute approximate surface area is 171 Å². The highest BCUT2D eigenvalue weighted by Crippen LogP contribution is 2.20. The number of hydrogen-bond acceptors (Lipinski definition) is 3. The van der Waals surface area contributed by atoms with E-state index in [-0.39, 0.29) is 12.6 Å². The van der Waals surface area contributed by atoms with Crippen molar-refractivity contribution in [1.82, 2.24) is 5.32 Å². The molecule has 0 aromatic heterocycles. The van der Waals surface area contributed by atoms with Crippen LogP contribution in [0, 0.1) is 6.92 Å². The number of aryl methyl sites for hydroxylation is 1. The molecule has 4 heteroatoms. The predicted octanol–water partition coefficient (Wildman–Crippen LogP) is 4.92. The zero-order chi connectivity index (χ0) is 19.8. The van der Waals surface area contributed by atoms with Gasteiger partial charge in [-0.15, -0.1) is 0 Å². The molecular weight excluding hydrogens is 370 g/mol. The smallest absolute Gasteiger partial charge is 0.120 e. The van der Waals surface area contributed by atoms with Crippen molar-refractivity contribution in [2.24, 2.45) is 0 Å². The monoisotopic (exact) mass is 395 g/mol. The molecule has 1 atom stereocenters. The van der Waals surface area contributed by atoms with E-state index in [1.54, 1.807) is 0 Å². The van der Waals surface area contributed by atoms with Crippen LogP contribution in [0.4, 0.5) is 0 Å². The minimum absolute atomic E-state index is 0.0138. The van der Waals surface area contributed by atoms with Gasteiger partial charge < -0.3 is 15.2 Å². The number of hydrogen-bond donors (Lipinski definition) is 2. The van der Waals surface area contributed by atoms with Crippen LogP contribution in [0.25, 0.3) is 0 Å². The molecule has 0 heterocycles. The molecule has 2 N–H and O–H groups in total. The van der Waals surface area contributed by atoms with Crippen molar-refractivity contribution in [3.63, 3.8) is 0 Å². The fourth-order valence-electron chi connectivity index (χ4n) is 2.99. The summed E-state index contributed by atoms with van der Waals surface area (Å²) in [5.74, 6) is 0.799. The predicted molar refractivity (Wildman–Crippen MR) is 115 cm³/mol. The van der Waals surface area contributed by atoms with Crippen LogP contribution in [-0.4, -0.2) is 17.8 Å². The first-order valence-electron chi connectivity index (χ1n) is 9.49. The molecule has 3 aromatic rings. The third kappa shape index (κ3) is 6.10. The molecule has 0 aliphatic rings. The number of halogens is 1. The van der Waals surface area contributed by atoms with Crippen LogP contribution in [0.3, 0.4) is 0 Å². The molecule has 0 aliphatic carbocycles. The molecule has 146 valence electrons. The summed E-state index contributed by atoms with van der Waals surface area (Å²) in [6.45, 7) is 3.32. The molecule has 0 bridgehead atoms. The number of rotatable bonds is 9. The van der Waals surface area contributed by atoms with Gasteiger partial charge in [-0.2, -0.15) is 0 Å². The lowest BCUT2D eigenvalue weighted by Gasteiger charge is -2.17. The SMILES string of the molecule is Cc1ccc(CNC(CO)Cc2cccc(OCc3ccccc3Cl)c2)cc1. The molecule has 3 rings (SSSR count). The van der Waals surface area contributed by atoms with E-state index in [0.29, 0.717) is 11.6 Å². The maximum absolute atomic E-state index is 9.75. The fourth-order valence-corrected chi connectivity index (χ4v) is 3.18. The first-order valence-corrected chi connectivity index (χ1v) is 9.87. The Hall–Kier alpha value is -2.33. The summed E-state index contributed by atoms with van der Waals surface area (Å²) in [4.78, 5) is 0. The van der Waals surface area contributed by atoms with Gasteiger partial charge in [-0.25, -0.2) is 0 Å². The summed E-state index contributed by atoms with van der Waals surface area (Å²) in [5.41, 5.74) is 4.53. The molecule has 0 aliphatic heterocycles. The maximum Gasteiger partial charge on any atom is 0.120 e. The van der Waals surface area contributed by atoms with Crippen molar-refractivity contribution < 1.29 is 9.84 Å². The van der Waals surface area contributed by atoms with E-state index in [1.165, 1.54) is 11.1 Å². The molecule has 0 fully saturated rings. The van der Waals surface area contributed by atoms with Crippen molar-refractivity contribution in [2.45, 2.75) is 32.5 Å². The van der Waals surface area contributed by atoms with Gasteiger partial charge in [0.2, 0.25) is 0 Å². The van der Waals surface area contributed by atoms with E-state index in [0.717, 1.165) is 29.8 Å². The van der Waals surface area contributed by atoms with Gasteiger partial charge >= 0.3 is 0 Å². The molecule has 0 radical (unpaired) electrons. The van der Waals surface area contributed by atoms with Crippen molar-refractivity contribution in [2.75, 3.05) is 6.61 Å². The molecular formula is C24H26ClNO2. The Morgan fingerprint density at radius 3 is 2.50 bits per heavy atom. The standard InChI is InChI=1S/C24H26ClNO2/c1-18-9-11-19(12-10-18)15-26-22(16-27)13-20-5-4-7-23(14-20)28-17-21-6-2-3-8-24(21)25/h2-12,14,22,26-27H,13,15-17H2,1H3. The molecule has 0 saturated heterocycles. The third-order valence-corrected chi connectivity index (χ3v) is 5.04. The summed E-state index contributed by atoms with van der Waals surface area (Å²) in [5, 5.41) is 13.9. The quantitative estimate of drug-likeness (QED) is 0.540. The molecule has 1 unspecified atom stereocenters. The molecule has 0 saturated carbocycles. The second-order valence-corrected chi connectivity index (χ2v) is 7.38. The molecule has 28 heavy (non-hydrogen) atoms. The van der Waals surface area contributed by atoms with Gasteiger partial charge in [0.25, 0.3) is 0 Å². The number of aliphatic hydroxyl groups excluding tert-OH is 1. The van der Waals surface area contributed by atoms with E-state index in [4.69, 9.17) is 16.3 Å². The van der Waals surface area contributed by atoms with Crippen molar-refractivity contribution in [1.29, 1.82) is 0 Å². The summed E-state index contributed by atoms with van der Waals surface area (Å²) >= 11 is 6.19. The topological polar surface area (TPSA) is 41.5 Å². The summed E-state index contributed by atoms with van der Waals surface area (Å²) in [6, 6.07) is 24.1. The highest BCUT2D eigenvalue weighted by Gasteiger charge is 2.09. The van der Waals surface area contributed by atoms with E-state index < -0.39 is 0 Å². The van der Waals surface area contributed by atoms with Crippen LogP contribution in [0.2, 0.25) is 5.02 Å². The zero-order valence-corrected chi connectivity index (χ0v) is 16.8. The normalized spacial score (nSPS) is 12.0. The van der Waals surface area contributed by atoms with E-state index in [2.05, 4.69) is 42.6 Å². The van der Waals surface area contributed by atoms with E-state index in [9.17, 15) is 5.11 Å². The number of ether oxygens (including phenoxy) is 1. The first kappa shape index (κ1) is 20.4. The minimum Gasteiger partial charge on any atom is -0.489 e. The Balaban J connectivity index is 1.56. The van der Waals surface area contributed by atoms with Crippen LogP contribution in [-0.2, 0) is 19.6 Å². The van der Waals surface area contributed by atoms with Crippen LogP contribution in [0.5, 0.6) is 5.75 Å². The summed E-state index contributed by atoms with van der Waals surface area (Å²) in [7, 11) is 0. The first-order chi connectivity index (χ1) is 13.6. The van der Waals surface area contributed by atoms with Crippen molar-refractivity contribution in [3.05, 3.63) is 100 Å². The van der Waals surface area contributed by atoms with Crippen LogP contribution in [0.15, 0.2) is 72.8 Å². The largest absolute Gasteiger partial charge is 0.489 e. The lowest BCUT2D eigenvalue weighted by molar-refractivity contribution is 0.240. The van der Waals surface area contributed by atoms with Crippen molar-refractivity contribution in [3.8, 4) is 5.75 Å². The Morgan fingerprint density at radius 1 is 0.964 bits per heavy atom. The van der Waals surface area contributed by atoms with Gasteiger partial charge in [-0.3, -0.25) is 0 Å². The molecule has 3 aromatic carbocycles. The van der Waals surface area contributed by atoms with Gasteiger partial charge in [0, 0.05) is 23.2 Å². The zero-order valence-electron chi connectivity index (χ0n) is 16.1. The van der Waals surface area contributed by atoms with Gasteiger partial charge in [0.15, 0.2) is 0 Å². The number of aliphatic hydroxyl groups is 1. The average Bonchev–Trinajstić information content (AvgIpc) is 2.72. The highest BCUT2D eigenvalue weighted by atomic mass is 35.5. The average molecular weight is 396 g/mol. The Morgan fingerprint density at radius 2 is 1.75 bits per heavy atom. The molecule has 3 nitrogen and oxygen atoms in total. The maximum atomic E-state index is 9.75. The lowest BCUT2D eigenvalue weighted by Crippen LogP contribution is -2.34. The van der Waals surface area contributed by atoms with Gasteiger partial charge in [-0.05, 0) is 42.7 Å². The van der Waals surface area contributed by atoms with Gasteiger partial charge in [0.05, 0.1) is 6.61 Å². The lowest BCUT2D eigenvalue weighted by atomic mass is 10.1. The van der Waals surface area contributed by atoms with Crippen LogP contribution >= 0.6 is 11.6 Å². The van der Waals surface area contributed by atoms with Crippen molar-refractivity contribution >= 4 is 11.6 Å². The Bertz CT molecular complexity index is 880. The summed E-state index contributed by atoms with van der Waals surface area (Å²) in [6.07, 6.45) is 0.728. The Kier molecular flexibility index (Phi) is 7.49. The van der Waals surface area contributed by atoms with Gasteiger partial charge in [-0.1, -0.05) is 71.8 Å².